The summed E-state index contributed by atoms with van der Waals surface area (Å²) in [6.45, 7) is 3.83. The minimum absolute atomic E-state index is 0.486. The van der Waals surface area contributed by atoms with Crippen LogP contribution in [0.4, 0.5) is 5.82 Å². The molecule has 1 saturated heterocycles. The van der Waals surface area contributed by atoms with Crippen LogP contribution >= 0.6 is 0 Å². The molecule has 2 aliphatic rings. The monoisotopic (exact) mass is 317 g/mol. The van der Waals surface area contributed by atoms with Crippen LogP contribution in [0, 0.1) is 0 Å². The number of rotatable bonds is 4. The fraction of sp³-hybridized carbons (Fsp3) is 0.647. The molecule has 2 heterocycles. The lowest BCUT2D eigenvalue weighted by Gasteiger charge is -2.29. The summed E-state index contributed by atoms with van der Waals surface area (Å²) in [5.74, 6) is 1.55. The summed E-state index contributed by atoms with van der Waals surface area (Å²) >= 11 is 0. The first-order chi connectivity index (χ1) is 11.3. The van der Waals surface area contributed by atoms with Crippen LogP contribution in [0.25, 0.3) is 0 Å². The van der Waals surface area contributed by atoms with Gasteiger partial charge >= 0.3 is 0 Å². The Kier molecular flexibility index (Phi) is 5.69. The number of hydrogen-bond acceptors (Lipinski definition) is 4. The molecule has 0 radical (unpaired) electrons. The van der Waals surface area contributed by atoms with Crippen LogP contribution < -0.4 is 16.0 Å². The van der Waals surface area contributed by atoms with Gasteiger partial charge in [0.2, 0.25) is 0 Å². The van der Waals surface area contributed by atoms with Gasteiger partial charge in [-0.3, -0.25) is 0 Å². The Morgan fingerprint density at radius 3 is 2.87 bits per heavy atom. The van der Waals surface area contributed by atoms with Crippen molar-refractivity contribution < 1.29 is 4.74 Å². The summed E-state index contributed by atoms with van der Waals surface area (Å²) in [4.78, 5) is 11.3. The largest absolute Gasteiger partial charge is 0.378 e. The number of aromatic nitrogens is 1. The Labute approximate surface area is 138 Å². The number of pyridine rings is 1. The lowest BCUT2D eigenvalue weighted by atomic mass is 9.96. The Morgan fingerprint density at radius 2 is 2.09 bits per heavy atom. The fourth-order valence-corrected chi connectivity index (χ4v) is 3.29. The van der Waals surface area contributed by atoms with Gasteiger partial charge in [0.15, 0.2) is 5.96 Å². The van der Waals surface area contributed by atoms with Crippen LogP contribution in [-0.2, 0) is 11.3 Å². The van der Waals surface area contributed by atoms with Crippen LogP contribution in [-0.4, -0.2) is 43.3 Å². The van der Waals surface area contributed by atoms with Crippen LogP contribution in [0.3, 0.4) is 0 Å². The van der Waals surface area contributed by atoms with Crippen molar-refractivity contribution in [1.29, 1.82) is 0 Å². The van der Waals surface area contributed by atoms with E-state index in [1.54, 1.807) is 0 Å². The van der Waals surface area contributed by atoms with Gasteiger partial charge in [0.05, 0.1) is 19.8 Å². The third kappa shape index (κ3) is 4.58. The molecule has 126 valence electrons. The first-order valence-electron chi connectivity index (χ1n) is 8.66. The number of aliphatic imine (C=N–C) groups is 1. The number of morpholine rings is 1. The number of guanidine groups is 1. The summed E-state index contributed by atoms with van der Waals surface area (Å²) in [7, 11) is 0. The molecule has 1 aliphatic carbocycles. The normalized spacial score (nSPS) is 20.5. The molecule has 0 unspecified atom stereocenters. The molecule has 0 aromatic carbocycles. The van der Waals surface area contributed by atoms with Crippen molar-refractivity contribution in [2.45, 2.75) is 44.7 Å². The first kappa shape index (κ1) is 16.1. The predicted molar refractivity (Wildman–Crippen MR) is 92.6 cm³/mol. The summed E-state index contributed by atoms with van der Waals surface area (Å²) < 4.78 is 5.42. The van der Waals surface area contributed by atoms with Gasteiger partial charge < -0.3 is 20.7 Å². The molecular weight excluding hydrogens is 290 g/mol. The number of nitrogens with one attached hydrogen (secondary N) is 1. The standard InChI is InChI=1S/C17H27N5O/c18-17(21-15-6-2-1-3-7-15)20-13-14-5-4-8-19-16(14)22-9-11-23-12-10-22/h4-5,8,15H,1-3,6-7,9-13H2,(H3,18,20,21). The van der Waals surface area contributed by atoms with Gasteiger partial charge in [-0.2, -0.15) is 0 Å². The molecule has 0 spiro atoms. The minimum Gasteiger partial charge on any atom is -0.378 e. The second-order valence-electron chi connectivity index (χ2n) is 6.27. The summed E-state index contributed by atoms with van der Waals surface area (Å²) in [5, 5.41) is 3.36. The SMILES string of the molecule is NC(=NCc1cccnc1N1CCOCC1)NC1CCCCC1. The van der Waals surface area contributed by atoms with Crippen LogP contribution in [0.15, 0.2) is 23.3 Å². The van der Waals surface area contributed by atoms with Gasteiger partial charge in [0.25, 0.3) is 0 Å². The summed E-state index contributed by atoms with van der Waals surface area (Å²) in [6.07, 6.45) is 8.14. The maximum Gasteiger partial charge on any atom is 0.189 e. The van der Waals surface area contributed by atoms with E-state index in [-0.39, 0.29) is 0 Å². The zero-order chi connectivity index (χ0) is 15.9. The minimum atomic E-state index is 0.486. The molecule has 2 fully saturated rings. The fourth-order valence-electron chi connectivity index (χ4n) is 3.29. The van der Waals surface area contributed by atoms with E-state index in [2.05, 4.69) is 26.3 Å². The van der Waals surface area contributed by atoms with Gasteiger partial charge in [-0.1, -0.05) is 25.3 Å². The second kappa shape index (κ2) is 8.15. The molecule has 1 aromatic heterocycles. The van der Waals surface area contributed by atoms with Crippen LogP contribution in [0.1, 0.15) is 37.7 Å². The predicted octanol–water partition coefficient (Wildman–Crippen LogP) is 1.66. The highest BCUT2D eigenvalue weighted by Crippen LogP contribution is 2.20. The van der Waals surface area contributed by atoms with Crippen molar-refractivity contribution in [3.8, 4) is 0 Å². The molecule has 1 aromatic rings. The average molecular weight is 317 g/mol. The van der Waals surface area contributed by atoms with Gasteiger partial charge in [0, 0.05) is 30.9 Å². The molecule has 3 N–H and O–H groups in total. The Morgan fingerprint density at radius 1 is 1.30 bits per heavy atom. The van der Waals surface area contributed by atoms with Crippen molar-refractivity contribution in [3.05, 3.63) is 23.9 Å². The Balaban J connectivity index is 1.61. The van der Waals surface area contributed by atoms with E-state index in [0.29, 0.717) is 18.5 Å². The molecule has 0 atom stereocenters. The molecule has 0 amide bonds. The van der Waals surface area contributed by atoms with E-state index in [4.69, 9.17) is 10.5 Å². The highest BCUT2D eigenvalue weighted by atomic mass is 16.5. The quantitative estimate of drug-likeness (QED) is 0.652. The molecule has 3 rings (SSSR count). The average Bonchev–Trinajstić information content (AvgIpc) is 2.62. The van der Waals surface area contributed by atoms with Gasteiger partial charge in [-0.25, -0.2) is 9.98 Å². The maximum atomic E-state index is 6.07. The molecule has 0 bridgehead atoms. The van der Waals surface area contributed by atoms with E-state index in [0.717, 1.165) is 37.7 Å². The van der Waals surface area contributed by atoms with Crippen molar-refractivity contribution >= 4 is 11.8 Å². The molecular formula is C17H27N5O. The van der Waals surface area contributed by atoms with Crippen molar-refractivity contribution in [2.24, 2.45) is 10.7 Å². The van der Waals surface area contributed by atoms with Gasteiger partial charge in [-0.15, -0.1) is 0 Å². The third-order valence-corrected chi connectivity index (χ3v) is 4.56. The van der Waals surface area contributed by atoms with Gasteiger partial charge in [0.1, 0.15) is 5.82 Å². The second-order valence-corrected chi connectivity index (χ2v) is 6.27. The third-order valence-electron chi connectivity index (χ3n) is 4.56. The lowest BCUT2D eigenvalue weighted by Crippen LogP contribution is -2.41. The van der Waals surface area contributed by atoms with E-state index >= 15 is 0 Å². The zero-order valence-electron chi connectivity index (χ0n) is 13.7. The Hall–Kier alpha value is -1.82. The van der Waals surface area contributed by atoms with Crippen molar-refractivity contribution in [3.63, 3.8) is 0 Å². The zero-order valence-corrected chi connectivity index (χ0v) is 13.7. The molecule has 23 heavy (non-hydrogen) atoms. The molecule has 1 aliphatic heterocycles. The van der Waals surface area contributed by atoms with E-state index < -0.39 is 0 Å². The number of anilines is 1. The molecule has 6 heteroatoms. The lowest BCUT2D eigenvalue weighted by molar-refractivity contribution is 0.122. The van der Waals surface area contributed by atoms with E-state index in [1.807, 2.05) is 12.3 Å². The summed E-state index contributed by atoms with van der Waals surface area (Å²) in [5.41, 5.74) is 7.18. The van der Waals surface area contributed by atoms with Crippen molar-refractivity contribution in [2.75, 3.05) is 31.2 Å². The topological polar surface area (TPSA) is 75.8 Å². The number of nitrogens with zero attached hydrogens (tertiary/aromatic N) is 3. The molecule has 6 nitrogen and oxygen atoms in total. The molecule has 1 saturated carbocycles. The number of nitrogens with two attached hydrogens (primary N) is 1. The summed E-state index contributed by atoms with van der Waals surface area (Å²) in [6, 6.07) is 4.52. The smallest absolute Gasteiger partial charge is 0.189 e. The van der Waals surface area contributed by atoms with Crippen molar-refractivity contribution in [1.82, 2.24) is 10.3 Å². The number of hydrogen-bond donors (Lipinski definition) is 2. The van der Waals surface area contributed by atoms with E-state index in [1.165, 1.54) is 32.1 Å². The van der Waals surface area contributed by atoms with Gasteiger partial charge in [-0.05, 0) is 18.9 Å². The Bertz CT molecular complexity index is 521. The highest BCUT2D eigenvalue weighted by molar-refractivity contribution is 5.78. The maximum absolute atomic E-state index is 6.07. The first-order valence-corrected chi connectivity index (χ1v) is 8.66. The highest BCUT2D eigenvalue weighted by Gasteiger charge is 2.16. The van der Waals surface area contributed by atoms with Crippen LogP contribution in [0.2, 0.25) is 0 Å². The van der Waals surface area contributed by atoms with Crippen LogP contribution in [0.5, 0.6) is 0 Å². The van der Waals surface area contributed by atoms with E-state index in [9.17, 15) is 0 Å². The number of ether oxygens (including phenoxy) is 1.